The molecule has 2 aromatic rings. The molecular weight excluding hydrogens is 252 g/mol. The lowest BCUT2D eigenvalue weighted by Crippen LogP contribution is -2.22. The highest BCUT2D eigenvalue weighted by Crippen LogP contribution is 2.18. The smallest absolute Gasteiger partial charge is 0.165 e. The van der Waals surface area contributed by atoms with E-state index in [1.165, 1.54) is 6.42 Å². The molecule has 0 spiro atoms. The van der Waals surface area contributed by atoms with Gasteiger partial charge in [-0.25, -0.2) is 4.98 Å². The Kier molecular flexibility index (Phi) is 3.18. The van der Waals surface area contributed by atoms with Crippen LogP contribution in [0, 0.1) is 6.92 Å². The molecule has 2 aromatic heterocycles. The van der Waals surface area contributed by atoms with Crippen molar-refractivity contribution >= 4 is 17.2 Å². The second kappa shape index (κ2) is 4.82. The van der Waals surface area contributed by atoms with E-state index in [4.69, 9.17) is 16.3 Å². The first kappa shape index (κ1) is 11.9. The average molecular weight is 267 g/mol. The lowest BCUT2D eigenvalue weighted by Gasteiger charge is -2.21. The van der Waals surface area contributed by atoms with Gasteiger partial charge in [0.1, 0.15) is 16.8 Å². The summed E-state index contributed by atoms with van der Waals surface area (Å²) in [6.07, 6.45) is 4.51. The summed E-state index contributed by atoms with van der Waals surface area (Å²) in [6.45, 7) is 2.76. The molecule has 18 heavy (non-hydrogen) atoms. The zero-order valence-electron chi connectivity index (χ0n) is 10.3. The normalized spacial score (nSPS) is 20.4. The third kappa shape index (κ3) is 2.20. The van der Waals surface area contributed by atoms with Crippen molar-refractivity contribution in [2.75, 3.05) is 6.61 Å². The predicted molar refractivity (Wildman–Crippen MR) is 67.8 cm³/mol. The molecule has 0 amide bonds. The maximum atomic E-state index is 5.91. The maximum Gasteiger partial charge on any atom is 0.165 e. The minimum absolute atomic E-state index is 0.251. The van der Waals surface area contributed by atoms with Gasteiger partial charge in [0, 0.05) is 19.1 Å². The highest BCUT2D eigenvalue weighted by molar-refractivity contribution is 6.29. The lowest BCUT2D eigenvalue weighted by molar-refractivity contribution is 0.0155. The second-order valence-corrected chi connectivity index (χ2v) is 5.02. The molecule has 0 N–H and O–H groups in total. The first-order valence-electron chi connectivity index (χ1n) is 6.23. The molecule has 5 nitrogen and oxygen atoms in total. The van der Waals surface area contributed by atoms with Crippen molar-refractivity contribution in [1.82, 2.24) is 19.6 Å². The molecule has 96 valence electrons. The van der Waals surface area contributed by atoms with Crippen molar-refractivity contribution in [3.63, 3.8) is 0 Å². The Hall–Kier alpha value is -1.20. The van der Waals surface area contributed by atoms with Gasteiger partial charge in [0.2, 0.25) is 0 Å². The van der Waals surface area contributed by atoms with Crippen molar-refractivity contribution in [1.29, 1.82) is 0 Å². The first-order valence-corrected chi connectivity index (χ1v) is 6.60. The Morgan fingerprint density at radius 2 is 2.33 bits per heavy atom. The molecule has 3 rings (SSSR count). The predicted octanol–water partition coefficient (Wildman–Crippen LogP) is 2.20. The van der Waals surface area contributed by atoms with Crippen LogP contribution >= 0.6 is 11.6 Å². The second-order valence-electron chi connectivity index (χ2n) is 4.63. The van der Waals surface area contributed by atoms with E-state index in [1.54, 1.807) is 6.07 Å². The number of ether oxygens (including phenoxy) is 1. The molecule has 1 fully saturated rings. The van der Waals surface area contributed by atoms with Gasteiger partial charge in [-0.1, -0.05) is 11.6 Å². The fourth-order valence-electron chi connectivity index (χ4n) is 2.42. The third-order valence-corrected chi connectivity index (χ3v) is 3.47. The van der Waals surface area contributed by atoms with E-state index in [1.807, 2.05) is 11.3 Å². The Morgan fingerprint density at radius 1 is 1.44 bits per heavy atom. The molecular formula is C12H15ClN4O. The van der Waals surface area contributed by atoms with Crippen molar-refractivity contribution in [3.05, 3.63) is 22.9 Å². The minimum atomic E-state index is 0.251. The van der Waals surface area contributed by atoms with E-state index in [-0.39, 0.29) is 6.10 Å². The van der Waals surface area contributed by atoms with E-state index in [0.717, 1.165) is 43.2 Å². The number of aromatic nitrogens is 4. The van der Waals surface area contributed by atoms with Crippen LogP contribution in [0.2, 0.25) is 5.15 Å². The lowest BCUT2D eigenvalue weighted by atomic mass is 10.1. The molecule has 0 aromatic carbocycles. The van der Waals surface area contributed by atoms with Crippen molar-refractivity contribution < 1.29 is 4.74 Å². The molecule has 1 atom stereocenters. The summed E-state index contributed by atoms with van der Waals surface area (Å²) in [6, 6.07) is 1.73. The van der Waals surface area contributed by atoms with Gasteiger partial charge in [-0.15, -0.1) is 10.2 Å². The molecule has 6 heteroatoms. The van der Waals surface area contributed by atoms with Gasteiger partial charge in [-0.05, 0) is 26.2 Å². The number of aryl methyl sites for hydroxylation is 1. The van der Waals surface area contributed by atoms with Gasteiger partial charge in [-0.2, -0.15) is 0 Å². The fourth-order valence-corrected chi connectivity index (χ4v) is 2.64. The Labute approximate surface area is 110 Å². The number of hydrogen-bond donors (Lipinski definition) is 0. The summed E-state index contributed by atoms with van der Waals surface area (Å²) >= 11 is 5.91. The van der Waals surface area contributed by atoms with E-state index in [2.05, 4.69) is 15.2 Å². The summed E-state index contributed by atoms with van der Waals surface area (Å²) in [5.74, 6) is 1.71. The number of fused-ring (bicyclic) bond motifs is 1. The number of nitrogens with zero attached hydrogens (tertiary/aromatic N) is 4. The Balaban J connectivity index is 1.92. The summed E-state index contributed by atoms with van der Waals surface area (Å²) in [7, 11) is 0. The molecule has 1 saturated heterocycles. The van der Waals surface area contributed by atoms with Gasteiger partial charge in [-0.3, -0.25) is 4.40 Å². The summed E-state index contributed by atoms with van der Waals surface area (Å²) in [5.41, 5.74) is 0.748. The van der Waals surface area contributed by atoms with Crippen LogP contribution in [0.3, 0.4) is 0 Å². The molecule has 1 aliphatic heterocycles. The zero-order valence-corrected chi connectivity index (χ0v) is 11.0. The van der Waals surface area contributed by atoms with Gasteiger partial charge >= 0.3 is 0 Å². The molecule has 0 aliphatic carbocycles. The molecule has 0 saturated carbocycles. The highest BCUT2D eigenvalue weighted by Gasteiger charge is 2.18. The quantitative estimate of drug-likeness (QED) is 0.782. The number of rotatable bonds is 2. The van der Waals surface area contributed by atoms with Crippen LogP contribution in [0.15, 0.2) is 6.07 Å². The monoisotopic (exact) mass is 266 g/mol. The largest absolute Gasteiger partial charge is 0.378 e. The van der Waals surface area contributed by atoms with Crippen LogP contribution in [0.25, 0.3) is 5.65 Å². The van der Waals surface area contributed by atoms with Gasteiger partial charge in [0.15, 0.2) is 5.65 Å². The SMILES string of the molecule is Cc1nc(Cl)cc2nnc(CC3CCCCO3)n12. The van der Waals surface area contributed by atoms with Gasteiger partial charge < -0.3 is 4.74 Å². The van der Waals surface area contributed by atoms with E-state index < -0.39 is 0 Å². The fraction of sp³-hybridized carbons (Fsp3) is 0.583. The standard InChI is InChI=1S/C12H15ClN4O/c1-8-14-10(13)7-12-16-15-11(17(8)12)6-9-4-2-3-5-18-9/h7,9H,2-6H2,1H3. The molecule has 0 radical (unpaired) electrons. The molecule has 1 aliphatic rings. The topological polar surface area (TPSA) is 52.3 Å². The van der Waals surface area contributed by atoms with Crippen LogP contribution in [0.4, 0.5) is 0 Å². The Bertz CT molecular complexity index is 562. The third-order valence-electron chi connectivity index (χ3n) is 3.28. The van der Waals surface area contributed by atoms with E-state index in [0.29, 0.717) is 5.15 Å². The van der Waals surface area contributed by atoms with Crippen molar-refractivity contribution in [3.8, 4) is 0 Å². The number of hydrogen-bond acceptors (Lipinski definition) is 4. The summed E-state index contributed by atoms with van der Waals surface area (Å²) in [5, 5.41) is 8.82. The van der Waals surface area contributed by atoms with Crippen LogP contribution in [-0.4, -0.2) is 32.3 Å². The van der Waals surface area contributed by atoms with Crippen LogP contribution in [0.5, 0.6) is 0 Å². The zero-order chi connectivity index (χ0) is 12.5. The van der Waals surface area contributed by atoms with Crippen molar-refractivity contribution in [2.24, 2.45) is 0 Å². The van der Waals surface area contributed by atoms with E-state index >= 15 is 0 Å². The molecule has 1 unspecified atom stereocenters. The van der Waals surface area contributed by atoms with Crippen molar-refractivity contribution in [2.45, 2.75) is 38.7 Å². The minimum Gasteiger partial charge on any atom is -0.378 e. The van der Waals surface area contributed by atoms with Gasteiger partial charge in [0.05, 0.1) is 6.10 Å². The molecule has 3 heterocycles. The van der Waals surface area contributed by atoms with Crippen LogP contribution in [0.1, 0.15) is 30.9 Å². The van der Waals surface area contributed by atoms with Crippen LogP contribution < -0.4 is 0 Å². The van der Waals surface area contributed by atoms with Crippen LogP contribution in [-0.2, 0) is 11.2 Å². The van der Waals surface area contributed by atoms with E-state index in [9.17, 15) is 0 Å². The number of halogens is 1. The summed E-state index contributed by atoms with van der Waals surface area (Å²) in [4.78, 5) is 4.24. The van der Waals surface area contributed by atoms with Gasteiger partial charge in [0.25, 0.3) is 0 Å². The highest BCUT2D eigenvalue weighted by atomic mass is 35.5. The average Bonchev–Trinajstić information content (AvgIpc) is 2.73. The maximum absolute atomic E-state index is 5.91. The first-order chi connectivity index (χ1) is 8.74. The Morgan fingerprint density at radius 3 is 3.11 bits per heavy atom. The molecule has 0 bridgehead atoms. The summed E-state index contributed by atoms with van der Waals surface area (Å²) < 4.78 is 7.68.